The summed E-state index contributed by atoms with van der Waals surface area (Å²) in [4.78, 5) is 0. The van der Waals surface area contributed by atoms with Crippen LogP contribution in [0.5, 0.6) is 5.75 Å². The highest BCUT2D eigenvalue weighted by atomic mass is 16.3. The summed E-state index contributed by atoms with van der Waals surface area (Å²) >= 11 is 0. The molecule has 0 bridgehead atoms. The van der Waals surface area contributed by atoms with Crippen LogP contribution in [0.4, 0.5) is 0 Å². The topological polar surface area (TPSA) is 20.2 Å². The highest BCUT2D eigenvalue weighted by Gasteiger charge is 2.25. The van der Waals surface area contributed by atoms with Crippen molar-refractivity contribution in [2.24, 2.45) is 0 Å². The van der Waals surface area contributed by atoms with Gasteiger partial charge < -0.3 is 5.11 Å². The van der Waals surface area contributed by atoms with Crippen LogP contribution in [0, 0.1) is 0 Å². The molecule has 0 unspecified atom stereocenters. The lowest BCUT2D eigenvalue weighted by atomic mass is 9.75. The summed E-state index contributed by atoms with van der Waals surface area (Å²) in [7, 11) is 0. The second-order valence-electron chi connectivity index (χ2n) is 4.97. The SMILES string of the molecule is Oc1ccc(C2CCCCC2)c2c1CC2. The minimum Gasteiger partial charge on any atom is -0.508 e. The number of fused-ring (bicyclic) bond motifs is 1. The van der Waals surface area contributed by atoms with Gasteiger partial charge in [-0.1, -0.05) is 25.3 Å². The van der Waals surface area contributed by atoms with Gasteiger partial charge in [-0.05, 0) is 54.4 Å². The van der Waals surface area contributed by atoms with Gasteiger partial charge in [-0.2, -0.15) is 0 Å². The minimum atomic E-state index is 0.524. The number of hydrogen-bond acceptors (Lipinski definition) is 1. The first-order valence-electron chi connectivity index (χ1n) is 6.20. The summed E-state index contributed by atoms with van der Waals surface area (Å²) in [6.45, 7) is 0. The van der Waals surface area contributed by atoms with E-state index in [2.05, 4.69) is 6.07 Å². The summed E-state index contributed by atoms with van der Waals surface area (Å²) in [5.74, 6) is 1.31. The van der Waals surface area contributed by atoms with Gasteiger partial charge in [-0.3, -0.25) is 0 Å². The lowest BCUT2D eigenvalue weighted by Gasteiger charge is -2.30. The van der Waals surface area contributed by atoms with Crippen LogP contribution in [-0.4, -0.2) is 5.11 Å². The van der Waals surface area contributed by atoms with Gasteiger partial charge in [0, 0.05) is 0 Å². The highest BCUT2D eigenvalue weighted by molar-refractivity contribution is 5.51. The average Bonchev–Trinajstić information content (AvgIpc) is 2.22. The molecule has 1 aromatic carbocycles. The van der Waals surface area contributed by atoms with Crippen LogP contribution in [0.1, 0.15) is 54.7 Å². The van der Waals surface area contributed by atoms with E-state index in [0.717, 1.165) is 12.3 Å². The van der Waals surface area contributed by atoms with Gasteiger partial charge in [-0.25, -0.2) is 0 Å². The number of phenols is 1. The van der Waals surface area contributed by atoms with Crippen LogP contribution in [0.2, 0.25) is 0 Å². The van der Waals surface area contributed by atoms with Crippen molar-refractivity contribution >= 4 is 0 Å². The molecule has 2 aliphatic carbocycles. The highest BCUT2D eigenvalue weighted by Crippen LogP contribution is 2.41. The van der Waals surface area contributed by atoms with Gasteiger partial charge in [0.1, 0.15) is 5.75 Å². The minimum absolute atomic E-state index is 0.524. The summed E-state index contributed by atoms with van der Waals surface area (Å²) in [6, 6.07) is 4.07. The fourth-order valence-corrected chi connectivity index (χ4v) is 3.14. The summed E-state index contributed by atoms with van der Waals surface area (Å²) < 4.78 is 0. The third-order valence-electron chi connectivity index (χ3n) is 4.11. The Labute approximate surface area is 91.1 Å². The predicted molar refractivity (Wildman–Crippen MR) is 61.3 cm³/mol. The number of aromatic hydroxyl groups is 1. The fraction of sp³-hybridized carbons (Fsp3) is 0.571. The maximum Gasteiger partial charge on any atom is 0.119 e. The van der Waals surface area contributed by atoms with Gasteiger partial charge in [0.05, 0.1) is 0 Å². The van der Waals surface area contributed by atoms with E-state index >= 15 is 0 Å². The van der Waals surface area contributed by atoms with E-state index in [4.69, 9.17) is 0 Å². The van der Waals surface area contributed by atoms with E-state index in [0.29, 0.717) is 5.75 Å². The first kappa shape index (κ1) is 9.26. The molecule has 1 fully saturated rings. The van der Waals surface area contributed by atoms with Crippen LogP contribution in [0.25, 0.3) is 0 Å². The fourth-order valence-electron chi connectivity index (χ4n) is 3.14. The molecular weight excluding hydrogens is 184 g/mol. The normalized spacial score (nSPS) is 20.8. The zero-order valence-corrected chi connectivity index (χ0v) is 9.13. The predicted octanol–water partition coefficient (Wildman–Crippen LogP) is 3.54. The van der Waals surface area contributed by atoms with Crippen molar-refractivity contribution in [3.63, 3.8) is 0 Å². The third-order valence-corrected chi connectivity index (χ3v) is 4.11. The van der Waals surface area contributed by atoms with Gasteiger partial charge in [0.2, 0.25) is 0 Å². The zero-order valence-electron chi connectivity index (χ0n) is 9.13. The molecule has 1 heteroatoms. The Bertz CT molecular complexity index is 375. The molecule has 1 aromatic rings. The summed E-state index contributed by atoms with van der Waals surface area (Å²) in [5.41, 5.74) is 4.26. The largest absolute Gasteiger partial charge is 0.508 e. The maximum atomic E-state index is 9.67. The van der Waals surface area contributed by atoms with Gasteiger partial charge in [0.15, 0.2) is 0 Å². The molecule has 15 heavy (non-hydrogen) atoms. The molecular formula is C14H18O. The van der Waals surface area contributed by atoms with Gasteiger partial charge in [0.25, 0.3) is 0 Å². The molecule has 0 aliphatic heterocycles. The number of phenolic OH excluding ortho intramolecular Hbond substituents is 1. The lowest BCUT2D eigenvalue weighted by molar-refractivity contribution is 0.433. The Balaban J connectivity index is 1.94. The van der Waals surface area contributed by atoms with E-state index in [1.807, 2.05) is 6.07 Å². The van der Waals surface area contributed by atoms with Crippen molar-refractivity contribution in [2.45, 2.75) is 50.9 Å². The second-order valence-corrected chi connectivity index (χ2v) is 4.97. The molecule has 0 spiro atoms. The van der Waals surface area contributed by atoms with E-state index in [1.165, 1.54) is 49.7 Å². The van der Waals surface area contributed by atoms with E-state index in [1.54, 1.807) is 5.56 Å². The monoisotopic (exact) mass is 202 g/mol. The molecule has 0 atom stereocenters. The Hall–Kier alpha value is -0.980. The van der Waals surface area contributed by atoms with Crippen molar-refractivity contribution in [1.82, 2.24) is 0 Å². The molecule has 0 amide bonds. The second kappa shape index (κ2) is 3.55. The van der Waals surface area contributed by atoms with Crippen molar-refractivity contribution < 1.29 is 5.11 Å². The van der Waals surface area contributed by atoms with Crippen LogP contribution in [-0.2, 0) is 12.8 Å². The molecule has 3 rings (SSSR count). The number of hydrogen-bond donors (Lipinski definition) is 1. The molecule has 0 heterocycles. The van der Waals surface area contributed by atoms with Crippen LogP contribution in [0.15, 0.2) is 12.1 Å². The molecule has 80 valence electrons. The Morgan fingerprint density at radius 2 is 1.67 bits per heavy atom. The summed E-state index contributed by atoms with van der Waals surface area (Å²) in [6.07, 6.45) is 9.18. The van der Waals surface area contributed by atoms with Gasteiger partial charge >= 0.3 is 0 Å². The third kappa shape index (κ3) is 1.45. The molecule has 0 aromatic heterocycles. The summed E-state index contributed by atoms with van der Waals surface area (Å²) in [5, 5.41) is 9.67. The van der Waals surface area contributed by atoms with Crippen molar-refractivity contribution in [3.8, 4) is 5.75 Å². The molecule has 1 N–H and O–H groups in total. The zero-order chi connectivity index (χ0) is 10.3. The molecule has 2 aliphatic rings. The van der Waals surface area contributed by atoms with Crippen LogP contribution in [0.3, 0.4) is 0 Å². The smallest absolute Gasteiger partial charge is 0.119 e. The molecule has 1 saturated carbocycles. The number of rotatable bonds is 1. The Kier molecular flexibility index (Phi) is 2.19. The standard InChI is InChI=1S/C14H18O/c15-14-9-8-11(12-6-7-13(12)14)10-4-2-1-3-5-10/h8-10,15H,1-7H2. The molecule has 0 radical (unpaired) electrons. The molecule has 0 saturated heterocycles. The lowest BCUT2D eigenvalue weighted by Crippen LogP contribution is -2.16. The first-order valence-corrected chi connectivity index (χ1v) is 6.20. The quantitative estimate of drug-likeness (QED) is 0.738. The first-order chi connectivity index (χ1) is 7.36. The van der Waals surface area contributed by atoms with Crippen molar-refractivity contribution in [1.29, 1.82) is 0 Å². The molecule has 1 nitrogen and oxygen atoms in total. The van der Waals surface area contributed by atoms with E-state index in [-0.39, 0.29) is 0 Å². The van der Waals surface area contributed by atoms with Crippen LogP contribution >= 0.6 is 0 Å². The van der Waals surface area contributed by atoms with E-state index in [9.17, 15) is 5.11 Å². The van der Waals surface area contributed by atoms with Crippen LogP contribution < -0.4 is 0 Å². The van der Waals surface area contributed by atoms with E-state index < -0.39 is 0 Å². The average molecular weight is 202 g/mol. The Morgan fingerprint density at radius 3 is 2.33 bits per heavy atom. The van der Waals surface area contributed by atoms with Gasteiger partial charge in [-0.15, -0.1) is 0 Å². The number of benzene rings is 1. The Morgan fingerprint density at radius 1 is 0.933 bits per heavy atom. The van der Waals surface area contributed by atoms with Crippen molar-refractivity contribution in [3.05, 3.63) is 28.8 Å². The maximum absolute atomic E-state index is 9.67. The van der Waals surface area contributed by atoms with Crippen molar-refractivity contribution in [2.75, 3.05) is 0 Å².